The summed E-state index contributed by atoms with van der Waals surface area (Å²) in [6.45, 7) is 9.42. The Labute approximate surface area is 103 Å². The number of hydrogen-bond donors (Lipinski definition) is 4. The van der Waals surface area contributed by atoms with Gasteiger partial charge in [-0.05, 0) is 20.8 Å². The van der Waals surface area contributed by atoms with Crippen molar-refractivity contribution in [3.8, 4) is 0 Å². The second-order valence-electron chi connectivity index (χ2n) is 1.59. The van der Waals surface area contributed by atoms with E-state index in [0.717, 1.165) is 6.42 Å². The fourth-order valence-corrected chi connectivity index (χ4v) is 0. The summed E-state index contributed by atoms with van der Waals surface area (Å²) in [5, 5.41) is 22.7. The minimum Gasteiger partial charge on any atom is -0.483 e. The van der Waals surface area contributed by atoms with Gasteiger partial charge < -0.3 is 21.1 Å². The van der Waals surface area contributed by atoms with Crippen LogP contribution in [0.5, 0.6) is 0 Å². The molecule has 14 heavy (non-hydrogen) atoms. The predicted molar refractivity (Wildman–Crippen MR) is 57.1 cm³/mol. The Balaban J connectivity index is -0.0000000254. The zero-order valence-corrected chi connectivity index (χ0v) is 11.4. The fraction of sp³-hybridized carbons (Fsp3) is 0.889. The number of rotatable bonds is 1. The first-order chi connectivity index (χ1) is 6.16. The van der Waals surface area contributed by atoms with Gasteiger partial charge in [0.05, 0.1) is 0 Å². The molecule has 0 saturated carbocycles. The van der Waals surface area contributed by atoms with Crippen molar-refractivity contribution in [1.29, 1.82) is 0 Å². The zero-order chi connectivity index (χ0) is 11.5. The SMILES string of the molecule is CCO.CCO.CCO.CC[CH-]N.[Ti]. The molecule has 90 valence electrons. The summed E-state index contributed by atoms with van der Waals surface area (Å²) in [6.07, 6.45) is 0.972. The van der Waals surface area contributed by atoms with Gasteiger partial charge in [0.2, 0.25) is 0 Å². The van der Waals surface area contributed by atoms with E-state index in [1.165, 1.54) is 0 Å². The minimum absolute atomic E-state index is 0. The molecule has 0 saturated heterocycles. The molecular weight excluding hydrogens is 218 g/mol. The maximum Gasteiger partial charge on any atom is 0.0402 e. The van der Waals surface area contributed by atoms with Gasteiger partial charge in [-0.2, -0.15) is 6.42 Å². The largest absolute Gasteiger partial charge is 0.483 e. The van der Waals surface area contributed by atoms with Crippen LogP contribution in [0.3, 0.4) is 0 Å². The fourth-order valence-electron chi connectivity index (χ4n) is 0. The van der Waals surface area contributed by atoms with Gasteiger partial charge in [-0.3, -0.25) is 6.54 Å². The van der Waals surface area contributed by atoms with Crippen molar-refractivity contribution in [2.75, 3.05) is 19.8 Å². The molecule has 4 nitrogen and oxygen atoms in total. The van der Waals surface area contributed by atoms with Crippen LogP contribution in [-0.4, -0.2) is 35.1 Å². The van der Waals surface area contributed by atoms with Gasteiger partial charge in [-0.1, -0.05) is 6.92 Å². The van der Waals surface area contributed by atoms with Crippen LogP contribution in [0, 0.1) is 6.54 Å². The summed E-state index contributed by atoms with van der Waals surface area (Å²) in [7, 11) is 0. The molecule has 0 radical (unpaired) electrons. The molecule has 0 aromatic carbocycles. The molecule has 0 rings (SSSR count). The predicted octanol–water partition coefficient (Wildman–Crippen LogP) is 0.510. The van der Waals surface area contributed by atoms with Crippen molar-refractivity contribution in [3.05, 3.63) is 6.54 Å². The first kappa shape index (κ1) is 29.3. The third kappa shape index (κ3) is 694. The molecule has 0 amide bonds. The van der Waals surface area contributed by atoms with E-state index in [9.17, 15) is 0 Å². The smallest absolute Gasteiger partial charge is 0.0402 e. The molecule has 0 aliphatic carbocycles. The van der Waals surface area contributed by atoms with Crippen LogP contribution in [0.4, 0.5) is 0 Å². The van der Waals surface area contributed by atoms with Gasteiger partial charge in [-0.25, -0.2) is 0 Å². The van der Waals surface area contributed by atoms with E-state index in [1.54, 1.807) is 27.3 Å². The van der Waals surface area contributed by atoms with Crippen LogP contribution in [0.2, 0.25) is 0 Å². The van der Waals surface area contributed by atoms with E-state index in [4.69, 9.17) is 21.1 Å². The van der Waals surface area contributed by atoms with E-state index in [-0.39, 0.29) is 41.5 Å². The van der Waals surface area contributed by atoms with Gasteiger partial charge in [0.15, 0.2) is 0 Å². The van der Waals surface area contributed by atoms with Crippen molar-refractivity contribution < 1.29 is 37.0 Å². The standard InChI is InChI=1S/C3H8N.3C2H6O.Ti/c1-2-3-4;3*1-2-3;/h3H,2,4H2,1H3;3*3H,2H2,1H3;/q-1;;;;. The molecule has 0 spiro atoms. The summed E-state index contributed by atoms with van der Waals surface area (Å²) in [6, 6.07) is 0. The number of aliphatic hydroxyl groups is 3. The Kier molecular flexibility index (Phi) is 145. The molecule has 0 aromatic rings. The molecule has 0 atom stereocenters. The molecule has 0 bridgehead atoms. The average molecular weight is 244 g/mol. The van der Waals surface area contributed by atoms with Gasteiger partial charge in [0.1, 0.15) is 0 Å². The molecule has 0 fully saturated rings. The first-order valence-electron chi connectivity index (χ1n) is 4.52. The molecule has 5 N–H and O–H groups in total. The Hall–Kier alpha value is 0.554. The molecule has 0 aromatic heterocycles. The number of hydrogen-bond acceptors (Lipinski definition) is 4. The van der Waals surface area contributed by atoms with Gasteiger partial charge in [0.25, 0.3) is 0 Å². The van der Waals surface area contributed by atoms with E-state index in [0.29, 0.717) is 0 Å². The van der Waals surface area contributed by atoms with Gasteiger partial charge in [-0.15, -0.1) is 0 Å². The normalized spacial score (nSPS) is 6.00. The second-order valence-corrected chi connectivity index (χ2v) is 1.59. The molecule has 0 aliphatic heterocycles. The van der Waals surface area contributed by atoms with Crippen molar-refractivity contribution >= 4 is 0 Å². The van der Waals surface area contributed by atoms with Crippen molar-refractivity contribution in [1.82, 2.24) is 0 Å². The monoisotopic (exact) mass is 244 g/mol. The zero-order valence-electron chi connectivity index (χ0n) is 9.82. The summed E-state index contributed by atoms with van der Waals surface area (Å²) in [4.78, 5) is 0. The van der Waals surface area contributed by atoms with E-state index in [2.05, 4.69) is 0 Å². The summed E-state index contributed by atoms with van der Waals surface area (Å²) in [5.74, 6) is 0. The van der Waals surface area contributed by atoms with Crippen LogP contribution in [0.1, 0.15) is 34.1 Å². The number of aliphatic hydroxyl groups excluding tert-OH is 3. The number of nitrogens with two attached hydrogens (primary N) is 1. The molecule has 0 heterocycles. The van der Waals surface area contributed by atoms with Crippen LogP contribution in [0.15, 0.2) is 0 Å². The Morgan fingerprint density at radius 2 is 0.929 bits per heavy atom. The maximum absolute atomic E-state index is 7.57. The van der Waals surface area contributed by atoms with Crippen LogP contribution in [0.25, 0.3) is 0 Å². The Morgan fingerprint density at radius 1 is 0.857 bits per heavy atom. The van der Waals surface area contributed by atoms with E-state index < -0.39 is 0 Å². The van der Waals surface area contributed by atoms with Crippen molar-refractivity contribution in [2.45, 2.75) is 34.1 Å². The third-order valence-corrected chi connectivity index (χ3v) is 0.236. The average Bonchev–Trinajstić information content (AvgIpc) is 2.08. The Morgan fingerprint density at radius 3 is 0.929 bits per heavy atom. The van der Waals surface area contributed by atoms with E-state index in [1.807, 2.05) is 6.92 Å². The topological polar surface area (TPSA) is 86.7 Å². The van der Waals surface area contributed by atoms with Gasteiger partial charge in [0, 0.05) is 41.5 Å². The van der Waals surface area contributed by atoms with Crippen LogP contribution >= 0.6 is 0 Å². The first-order valence-corrected chi connectivity index (χ1v) is 4.52. The van der Waals surface area contributed by atoms with Gasteiger partial charge >= 0.3 is 0 Å². The van der Waals surface area contributed by atoms with Crippen molar-refractivity contribution in [2.24, 2.45) is 5.73 Å². The Bertz CT molecular complexity index is 36.5. The molecule has 0 aliphatic rings. The van der Waals surface area contributed by atoms with Crippen LogP contribution in [-0.2, 0) is 21.7 Å². The summed E-state index contributed by atoms with van der Waals surface area (Å²) >= 11 is 0. The molecule has 5 heteroatoms. The maximum atomic E-state index is 7.57. The minimum atomic E-state index is 0. The second kappa shape index (κ2) is 69.2. The summed E-state index contributed by atoms with van der Waals surface area (Å²) < 4.78 is 0. The third-order valence-electron chi connectivity index (χ3n) is 0.236. The van der Waals surface area contributed by atoms with Crippen LogP contribution < -0.4 is 5.73 Å². The summed E-state index contributed by atoms with van der Waals surface area (Å²) in [5.41, 5.74) is 4.90. The quantitative estimate of drug-likeness (QED) is 0.400. The van der Waals surface area contributed by atoms with Crippen molar-refractivity contribution in [3.63, 3.8) is 0 Å². The molecule has 0 unspecified atom stereocenters. The molecular formula is C9H26NO3Ti-. The van der Waals surface area contributed by atoms with E-state index >= 15 is 0 Å².